The summed E-state index contributed by atoms with van der Waals surface area (Å²) in [7, 11) is 1.81. The fourth-order valence-corrected chi connectivity index (χ4v) is 3.00. The number of rotatable bonds is 5. The van der Waals surface area contributed by atoms with E-state index >= 15 is 0 Å². The van der Waals surface area contributed by atoms with Crippen molar-refractivity contribution in [2.24, 2.45) is 0 Å². The Morgan fingerprint density at radius 3 is 2.50 bits per heavy atom. The summed E-state index contributed by atoms with van der Waals surface area (Å²) in [6.45, 7) is 4.19. The van der Waals surface area contributed by atoms with Gasteiger partial charge in [0.25, 0.3) is 0 Å². The molecule has 6 heteroatoms. The van der Waals surface area contributed by atoms with E-state index in [4.69, 9.17) is 12.2 Å². The Morgan fingerprint density at radius 1 is 1.19 bits per heavy atom. The summed E-state index contributed by atoms with van der Waals surface area (Å²) in [6.07, 6.45) is 0. The highest BCUT2D eigenvalue weighted by Crippen LogP contribution is 2.21. The Morgan fingerprint density at radius 2 is 1.85 bits per heavy atom. The highest BCUT2D eigenvalue weighted by Gasteiger charge is 2.20. The molecule has 0 radical (unpaired) electrons. The predicted octanol–water partition coefficient (Wildman–Crippen LogP) is 4.14. The number of likely N-dealkylation sites (N-methyl/N-ethyl adjacent to an activating group) is 1. The van der Waals surface area contributed by atoms with E-state index in [-0.39, 0.29) is 18.5 Å². The van der Waals surface area contributed by atoms with Gasteiger partial charge in [0.1, 0.15) is 6.54 Å². The average molecular weight is 366 g/mol. The highest BCUT2D eigenvalue weighted by molar-refractivity contribution is 7.71. The van der Waals surface area contributed by atoms with Crippen LogP contribution in [0.15, 0.2) is 54.6 Å². The fraction of sp³-hybridized carbons (Fsp3) is 0.250. The summed E-state index contributed by atoms with van der Waals surface area (Å²) in [5, 5.41) is 7.11. The van der Waals surface area contributed by atoms with Gasteiger partial charge in [-0.3, -0.25) is 14.5 Å². The Kier molecular flexibility index (Phi) is 5.32. The molecule has 0 aliphatic rings. The zero-order chi connectivity index (χ0) is 18.7. The summed E-state index contributed by atoms with van der Waals surface area (Å²) >= 11 is 5.34. The van der Waals surface area contributed by atoms with Gasteiger partial charge in [0, 0.05) is 12.6 Å². The van der Waals surface area contributed by atoms with Crippen molar-refractivity contribution in [1.29, 1.82) is 0 Å². The molecule has 0 spiro atoms. The van der Waals surface area contributed by atoms with Crippen LogP contribution in [0.1, 0.15) is 24.1 Å². The number of carbonyl (C=O) groups is 1. The van der Waals surface area contributed by atoms with Crippen LogP contribution in [-0.4, -0.2) is 32.6 Å². The molecule has 26 heavy (non-hydrogen) atoms. The maximum absolute atomic E-state index is 12.8. The molecule has 2 aromatic carbocycles. The molecule has 1 aromatic heterocycles. The van der Waals surface area contributed by atoms with E-state index in [9.17, 15) is 4.79 Å². The van der Waals surface area contributed by atoms with E-state index in [0.717, 1.165) is 11.1 Å². The largest absolute Gasteiger partial charge is 0.337 e. The first-order chi connectivity index (χ1) is 12.5. The normalized spacial score (nSPS) is 12.0. The van der Waals surface area contributed by atoms with Crippen molar-refractivity contribution in [3.8, 4) is 11.4 Å². The summed E-state index contributed by atoms with van der Waals surface area (Å²) in [6, 6.07) is 18.0. The zero-order valence-corrected chi connectivity index (χ0v) is 16.0. The lowest BCUT2D eigenvalue weighted by atomic mass is 10.1. The Labute approximate surface area is 158 Å². The smallest absolute Gasteiger partial charge is 0.242 e. The number of aryl methyl sites for hydroxylation is 1. The minimum atomic E-state index is -0.0211. The van der Waals surface area contributed by atoms with Gasteiger partial charge in [-0.15, -0.1) is 0 Å². The second kappa shape index (κ2) is 7.66. The van der Waals surface area contributed by atoms with Gasteiger partial charge in [-0.1, -0.05) is 60.2 Å². The van der Waals surface area contributed by atoms with E-state index in [1.165, 1.54) is 5.56 Å². The molecule has 134 valence electrons. The zero-order valence-electron chi connectivity index (χ0n) is 15.1. The van der Waals surface area contributed by atoms with Gasteiger partial charge in [0.05, 0.1) is 6.04 Å². The van der Waals surface area contributed by atoms with Crippen molar-refractivity contribution < 1.29 is 4.79 Å². The molecule has 0 saturated heterocycles. The molecule has 3 aromatic rings. The second-order valence-electron chi connectivity index (χ2n) is 6.40. The third-order valence-electron chi connectivity index (χ3n) is 4.62. The molecule has 1 amide bonds. The van der Waals surface area contributed by atoms with E-state index < -0.39 is 0 Å². The quantitative estimate of drug-likeness (QED) is 0.691. The number of aromatic nitrogens is 3. The van der Waals surface area contributed by atoms with E-state index in [1.54, 1.807) is 9.47 Å². The van der Waals surface area contributed by atoms with Crippen LogP contribution in [-0.2, 0) is 11.3 Å². The molecular formula is C20H22N4OS. The molecule has 0 unspecified atom stereocenters. The van der Waals surface area contributed by atoms with Gasteiger partial charge in [-0.2, -0.15) is 5.10 Å². The van der Waals surface area contributed by atoms with Crippen molar-refractivity contribution in [1.82, 2.24) is 19.7 Å². The maximum atomic E-state index is 12.8. The summed E-state index contributed by atoms with van der Waals surface area (Å²) < 4.78 is 2.19. The lowest BCUT2D eigenvalue weighted by molar-refractivity contribution is -0.132. The molecule has 0 fully saturated rings. The van der Waals surface area contributed by atoms with Crippen LogP contribution in [0.2, 0.25) is 0 Å². The fourth-order valence-electron chi connectivity index (χ4n) is 2.81. The Hall–Kier alpha value is -2.73. The maximum Gasteiger partial charge on any atom is 0.242 e. The van der Waals surface area contributed by atoms with Crippen LogP contribution in [0.4, 0.5) is 0 Å². The Bertz CT molecular complexity index is 944. The van der Waals surface area contributed by atoms with Crippen LogP contribution in [0.3, 0.4) is 0 Å². The van der Waals surface area contributed by atoms with Gasteiger partial charge in [0.2, 0.25) is 5.91 Å². The van der Waals surface area contributed by atoms with Gasteiger partial charge in [0.15, 0.2) is 10.6 Å². The number of H-pyrrole nitrogens is 1. The van der Waals surface area contributed by atoms with Crippen LogP contribution in [0, 0.1) is 11.7 Å². The number of nitrogens with one attached hydrogen (secondary N) is 1. The van der Waals surface area contributed by atoms with E-state index in [0.29, 0.717) is 10.6 Å². The van der Waals surface area contributed by atoms with E-state index in [2.05, 4.69) is 10.2 Å². The molecule has 3 rings (SSSR count). The third kappa shape index (κ3) is 3.75. The number of hydrogen-bond acceptors (Lipinski definition) is 3. The summed E-state index contributed by atoms with van der Waals surface area (Å²) in [5.41, 5.74) is 3.19. The molecule has 1 atom stereocenters. The molecule has 0 aliphatic carbocycles. The monoisotopic (exact) mass is 366 g/mol. The number of aromatic amines is 1. The van der Waals surface area contributed by atoms with Crippen molar-refractivity contribution in [3.63, 3.8) is 0 Å². The summed E-state index contributed by atoms with van der Waals surface area (Å²) in [5.74, 6) is 0.649. The van der Waals surface area contributed by atoms with Crippen molar-refractivity contribution in [2.45, 2.75) is 26.4 Å². The molecule has 0 saturated carbocycles. The lowest BCUT2D eigenvalue weighted by Gasteiger charge is -2.25. The number of amides is 1. The first-order valence-electron chi connectivity index (χ1n) is 8.50. The molecular weight excluding hydrogens is 344 g/mol. The van der Waals surface area contributed by atoms with Crippen molar-refractivity contribution in [3.05, 3.63) is 70.5 Å². The van der Waals surface area contributed by atoms with Crippen molar-refractivity contribution in [2.75, 3.05) is 7.05 Å². The third-order valence-corrected chi connectivity index (χ3v) is 4.93. The van der Waals surface area contributed by atoms with Gasteiger partial charge < -0.3 is 4.90 Å². The van der Waals surface area contributed by atoms with Gasteiger partial charge >= 0.3 is 0 Å². The van der Waals surface area contributed by atoms with Gasteiger partial charge in [-0.05, 0) is 31.6 Å². The van der Waals surface area contributed by atoms with Crippen molar-refractivity contribution >= 4 is 18.1 Å². The SMILES string of the molecule is Cc1ccc(-c2n[nH]c(=S)n2CC(=O)N(C)[C@@H](C)c2ccccc2)cc1. The molecule has 1 heterocycles. The molecule has 5 nitrogen and oxygen atoms in total. The number of carbonyl (C=O) groups excluding carboxylic acids is 1. The van der Waals surface area contributed by atoms with E-state index in [1.807, 2.05) is 75.5 Å². The highest BCUT2D eigenvalue weighted by atomic mass is 32.1. The number of benzene rings is 2. The molecule has 1 N–H and O–H groups in total. The minimum Gasteiger partial charge on any atom is -0.337 e. The molecule has 0 bridgehead atoms. The molecule has 0 aliphatic heterocycles. The topological polar surface area (TPSA) is 53.9 Å². The first kappa shape index (κ1) is 18.1. The number of nitrogens with zero attached hydrogens (tertiary/aromatic N) is 3. The van der Waals surface area contributed by atoms with Crippen LogP contribution >= 0.6 is 12.2 Å². The minimum absolute atomic E-state index is 0.0207. The average Bonchev–Trinajstić information content (AvgIpc) is 3.02. The van der Waals surface area contributed by atoms with Crippen LogP contribution in [0.25, 0.3) is 11.4 Å². The second-order valence-corrected chi connectivity index (χ2v) is 6.78. The van der Waals surface area contributed by atoms with Crippen LogP contribution < -0.4 is 0 Å². The lowest BCUT2D eigenvalue weighted by Crippen LogP contribution is -2.32. The standard InChI is InChI=1S/C20H22N4OS/c1-14-9-11-17(12-10-14)19-21-22-20(26)24(19)13-18(25)23(3)15(2)16-7-5-4-6-8-16/h4-12,15H,13H2,1-3H3,(H,22,26)/t15-/m0/s1. The number of hydrogen-bond donors (Lipinski definition) is 1. The first-order valence-corrected chi connectivity index (χ1v) is 8.91. The summed E-state index contributed by atoms with van der Waals surface area (Å²) in [4.78, 5) is 14.6. The van der Waals surface area contributed by atoms with Gasteiger partial charge in [-0.25, -0.2) is 0 Å². The predicted molar refractivity (Wildman–Crippen MR) is 105 cm³/mol. The Balaban J connectivity index is 1.82. The van der Waals surface area contributed by atoms with Crippen LogP contribution in [0.5, 0.6) is 0 Å².